The molecule has 0 fully saturated rings. The van der Waals surface area contributed by atoms with Gasteiger partial charge in [-0.05, 0) is 68.7 Å². The molecule has 27 heavy (non-hydrogen) atoms. The molecule has 0 heterocycles. The molecule has 0 atom stereocenters. The van der Waals surface area contributed by atoms with Gasteiger partial charge in [0.05, 0.1) is 13.2 Å². The Labute approximate surface area is 165 Å². The van der Waals surface area contributed by atoms with Gasteiger partial charge < -0.3 is 19.5 Å². The first-order chi connectivity index (χ1) is 13.0. The van der Waals surface area contributed by atoms with Gasteiger partial charge in [0.15, 0.2) is 18.1 Å². The van der Waals surface area contributed by atoms with Crippen LogP contribution in [0.4, 0.5) is 0 Å². The number of benzene rings is 2. The van der Waals surface area contributed by atoms with Crippen LogP contribution >= 0.6 is 11.6 Å². The van der Waals surface area contributed by atoms with E-state index in [-0.39, 0.29) is 12.5 Å². The van der Waals surface area contributed by atoms with Gasteiger partial charge in [-0.3, -0.25) is 4.79 Å². The van der Waals surface area contributed by atoms with Crippen molar-refractivity contribution in [2.75, 3.05) is 26.4 Å². The van der Waals surface area contributed by atoms with E-state index in [1.165, 1.54) is 0 Å². The van der Waals surface area contributed by atoms with E-state index in [2.05, 4.69) is 5.32 Å². The summed E-state index contributed by atoms with van der Waals surface area (Å²) in [6, 6.07) is 11.1. The van der Waals surface area contributed by atoms with Gasteiger partial charge in [0.1, 0.15) is 5.75 Å². The van der Waals surface area contributed by atoms with E-state index in [1.807, 2.05) is 39.0 Å². The van der Waals surface area contributed by atoms with Gasteiger partial charge in [-0.2, -0.15) is 0 Å². The highest BCUT2D eigenvalue weighted by atomic mass is 35.5. The summed E-state index contributed by atoms with van der Waals surface area (Å²) >= 11 is 5.91. The maximum Gasteiger partial charge on any atom is 0.257 e. The fourth-order valence-electron chi connectivity index (χ4n) is 2.57. The molecule has 0 aliphatic heterocycles. The fourth-order valence-corrected chi connectivity index (χ4v) is 2.79. The molecule has 1 N–H and O–H groups in total. The Hall–Kier alpha value is -2.40. The summed E-state index contributed by atoms with van der Waals surface area (Å²) in [4.78, 5) is 12.0. The number of halogens is 1. The number of nitrogens with one attached hydrogen (secondary N) is 1. The number of amides is 1. The van der Waals surface area contributed by atoms with Crippen LogP contribution in [-0.2, 0) is 11.2 Å². The van der Waals surface area contributed by atoms with Gasteiger partial charge in [0.2, 0.25) is 0 Å². The standard InChI is InChI=1S/C21H26ClNO4/c1-4-25-19-8-6-16(13-20(19)26-5-2)10-11-23-21(24)14-27-18-9-7-17(22)12-15(18)3/h6-9,12-13H,4-5,10-11,14H2,1-3H3,(H,23,24). The molecule has 0 aromatic heterocycles. The zero-order chi connectivity index (χ0) is 19.6. The van der Waals surface area contributed by atoms with Crippen LogP contribution < -0.4 is 19.5 Å². The number of carbonyl (C=O) groups is 1. The van der Waals surface area contributed by atoms with E-state index < -0.39 is 0 Å². The fraction of sp³-hybridized carbons (Fsp3) is 0.381. The first-order valence-electron chi connectivity index (χ1n) is 9.07. The lowest BCUT2D eigenvalue weighted by molar-refractivity contribution is -0.123. The molecule has 1 amide bonds. The molecule has 6 heteroatoms. The Morgan fingerprint density at radius 2 is 1.67 bits per heavy atom. The zero-order valence-corrected chi connectivity index (χ0v) is 16.8. The molecule has 2 aromatic rings. The molecule has 0 saturated heterocycles. The molecule has 2 aromatic carbocycles. The second-order valence-electron chi connectivity index (χ2n) is 5.95. The largest absolute Gasteiger partial charge is 0.490 e. The SMILES string of the molecule is CCOc1ccc(CCNC(=O)COc2ccc(Cl)cc2C)cc1OCC. The molecule has 2 rings (SSSR count). The average molecular weight is 392 g/mol. The summed E-state index contributed by atoms with van der Waals surface area (Å²) in [5.41, 5.74) is 1.96. The molecule has 0 saturated carbocycles. The number of rotatable bonds is 10. The van der Waals surface area contributed by atoms with Crippen molar-refractivity contribution < 1.29 is 19.0 Å². The number of hydrogen-bond donors (Lipinski definition) is 1. The van der Waals surface area contributed by atoms with E-state index in [4.69, 9.17) is 25.8 Å². The predicted molar refractivity (Wildman–Crippen MR) is 107 cm³/mol. The van der Waals surface area contributed by atoms with E-state index in [1.54, 1.807) is 18.2 Å². The van der Waals surface area contributed by atoms with Crippen molar-refractivity contribution in [1.29, 1.82) is 0 Å². The second kappa shape index (κ2) is 10.7. The molecule has 0 aliphatic carbocycles. The number of hydrogen-bond acceptors (Lipinski definition) is 4. The molecule has 5 nitrogen and oxygen atoms in total. The molecule has 146 valence electrons. The van der Waals surface area contributed by atoms with Gasteiger partial charge in [0, 0.05) is 11.6 Å². The molecule has 0 aliphatic rings. The summed E-state index contributed by atoms with van der Waals surface area (Å²) in [6.45, 7) is 7.40. The van der Waals surface area contributed by atoms with Crippen LogP contribution in [0.3, 0.4) is 0 Å². The van der Waals surface area contributed by atoms with Crippen LogP contribution in [0.15, 0.2) is 36.4 Å². The van der Waals surface area contributed by atoms with Crippen molar-refractivity contribution in [3.05, 3.63) is 52.5 Å². The van der Waals surface area contributed by atoms with Crippen LogP contribution in [0.1, 0.15) is 25.0 Å². The van der Waals surface area contributed by atoms with Crippen molar-refractivity contribution in [1.82, 2.24) is 5.32 Å². The second-order valence-corrected chi connectivity index (χ2v) is 6.38. The zero-order valence-electron chi connectivity index (χ0n) is 16.0. The molecule has 0 spiro atoms. The van der Waals surface area contributed by atoms with Crippen molar-refractivity contribution in [3.8, 4) is 17.2 Å². The molecule has 0 unspecified atom stereocenters. The number of aryl methyl sites for hydroxylation is 1. The van der Waals surface area contributed by atoms with Gasteiger partial charge in [-0.25, -0.2) is 0 Å². The topological polar surface area (TPSA) is 56.8 Å². The lowest BCUT2D eigenvalue weighted by atomic mass is 10.1. The lowest BCUT2D eigenvalue weighted by Gasteiger charge is -2.13. The first-order valence-corrected chi connectivity index (χ1v) is 9.45. The van der Waals surface area contributed by atoms with Crippen LogP contribution in [-0.4, -0.2) is 32.3 Å². The summed E-state index contributed by atoms with van der Waals surface area (Å²) in [5.74, 6) is 1.95. The maximum atomic E-state index is 12.0. The monoisotopic (exact) mass is 391 g/mol. The lowest BCUT2D eigenvalue weighted by Crippen LogP contribution is -2.30. The van der Waals surface area contributed by atoms with E-state index in [9.17, 15) is 4.79 Å². The Balaban J connectivity index is 1.81. The summed E-state index contributed by atoms with van der Waals surface area (Å²) in [5, 5.41) is 3.51. The smallest absolute Gasteiger partial charge is 0.257 e. The first kappa shape index (κ1) is 20.9. The van der Waals surface area contributed by atoms with Crippen molar-refractivity contribution in [2.45, 2.75) is 27.2 Å². The van der Waals surface area contributed by atoms with E-state index >= 15 is 0 Å². The molecular weight excluding hydrogens is 366 g/mol. The third kappa shape index (κ3) is 6.68. The Kier molecular flexibility index (Phi) is 8.27. The van der Waals surface area contributed by atoms with Crippen molar-refractivity contribution in [3.63, 3.8) is 0 Å². The predicted octanol–water partition coefficient (Wildman–Crippen LogP) is 4.18. The average Bonchev–Trinajstić information content (AvgIpc) is 2.63. The quantitative estimate of drug-likeness (QED) is 0.660. The van der Waals surface area contributed by atoms with E-state index in [0.29, 0.717) is 37.0 Å². The molecular formula is C21H26ClNO4. The minimum atomic E-state index is -0.166. The van der Waals surface area contributed by atoms with Crippen molar-refractivity contribution in [2.24, 2.45) is 0 Å². The third-order valence-electron chi connectivity index (χ3n) is 3.84. The van der Waals surface area contributed by atoms with Crippen LogP contribution in [0.25, 0.3) is 0 Å². The van der Waals surface area contributed by atoms with Gasteiger partial charge in [0.25, 0.3) is 5.91 Å². The van der Waals surface area contributed by atoms with Gasteiger partial charge >= 0.3 is 0 Å². The summed E-state index contributed by atoms with van der Waals surface area (Å²) < 4.78 is 16.7. The molecule has 0 bridgehead atoms. The maximum absolute atomic E-state index is 12.0. The normalized spacial score (nSPS) is 10.4. The highest BCUT2D eigenvalue weighted by molar-refractivity contribution is 6.30. The highest BCUT2D eigenvalue weighted by Gasteiger charge is 2.08. The number of ether oxygens (including phenoxy) is 3. The summed E-state index contributed by atoms with van der Waals surface area (Å²) in [6.07, 6.45) is 0.693. The number of carbonyl (C=O) groups excluding carboxylic acids is 1. The van der Waals surface area contributed by atoms with Crippen LogP contribution in [0.2, 0.25) is 5.02 Å². The van der Waals surface area contributed by atoms with Crippen LogP contribution in [0, 0.1) is 6.92 Å². The third-order valence-corrected chi connectivity index (χ3v) is 4.07. The summed E-state index contributed by atoms with van der Waals surface area (Å²) in [7, 11) is 0. The molecule has 0 radical (unpaired) electrons. The highest BCUT2D eigenvalue weighted by Crippen LogP contribution is 2.28. The van der Waals surface area contributed by atoms with Gasteiger partial charge in [-0.1, -0.05) is 17.7 Å². The Bertz CT molecular complexity index is 764. The van der Waals surface area contributed by atoms with E-state index in [0.717, 1.165) is 22.6 Å². The Morgan fingerprint density at radius 1 is 0.963 bits per heavy atom. The minimum Gasteiger partial charge on any atom is -0.490 e. The Morgan fingerprint density at radius 3 is 2.37 bits per heavy atom. The van der Waals surface area contributed by atoms with Crippen molar-refractivity contribution >= 4 is 17.5 Å². The van der Waals surface area contributed by atoms with Gasteiger partial charge in [-0.15, -0.1) is 0 Å². The minimum absolute atomic E-state index is 0.0318. The van der Waals surface area contributed by atoms with Crippen LogP contribution in [0.5, 0.6) is 17.2 Å².